The first kappa shape index (κ1) is 39.7. The Morgan fingerprint density at radius 3 is 2.40 bits per heavy atom. The monoisotopic (exact) mass is 755 g/mol. The number of hydrogen-bond acceptors (Lipinski definition) is 5. The lowest BCUT2D eigenvalue weighted by Crippen LogP contribution is -2.68. The first-order valence-electron chi connectivity index (χ1n) is 21.3. The molecule has 0 aromatic rings. The Labute approximate surface area is 321 Å². The molecular formula is C45H71FN2O4S. The fraction of sp³-hybridized carbons (Fsp3) is 0.844. The van der Waals surface area contributed by atoms with Gasteiger partial charge in [0.2, 0.25) is 0 Å². The smallest absolute Gasteiger partial charge is 0.312 e. The van der Waals surface area contributed by atoms with E-state index in [9.17, 15) is 22.7 Å². The minimum absolute atomic E-state index is 0.0195. The van der Waals surface area contributed by atoms with E-state index in [-0.39, 0.29) is 45.3 Å². The fourth-order valence-corrected chi connectivity index (χ4v) is 16.8. The average molecular weight is 755 g/mol. The van der Waals surface area contributed by atoms with E-state index in [4.69, 9.17) is 0 Å². The summed E-state index contributed by atoms with van der Waals surface area (Å²) in [6, 6.07) is 0. The maximum absolute atomic E-state index is 14.0. The van der Waals surface area contributed by atoms with Gasteiger partial charge in [0, 0.05) is 31.7 Å². The molecule has 7 aliphatic rings. The highest BCUT2D eigenvalue weighted by Crippen LogP contribution is 2.76. The Balaban J connectivity index is 1.13. The molecule has 7 rings (SSSR count). The van der Waals surface area contributed by atoms with E-state index >= 15 is 0 Å². The molecule has 0 aromatic carbocycles. The molecule has 1 saturated heterocycles. The van der Waals surface area contributed by atoms with Crippen LogP contribution in [0.4, 0.5) is 4.39 Å². The van der Waals surface area contributed by atoms with Gasteiger partial charge < -0.3 is 15.3 Å². The molecule has 53 heavy (non-hydrogen) atoms. The summed E-state index contributed by atoms with van der Waals surface area (Å²) in [7, 11) is -2.96. The van der Waals surface area contributed by atoms with Crippen molar-refractivity contribution in [1.29, 1.82) is 0 Å². The molecule has 1 aliphatic heterocycles. The number of halogens is 1. The average Bonchev–Trinajstić information content (AvgIpc) is 3.40. The topological polar surface area (TPSA) is 86.7 Å². The van der Waals surface area contributed by atoms with E-state index in [1.807, 2.05) is 0 Å². The van der Waals surface area contributed by atoms with Crippen LogP contribution in [-0.2, 0) is 14.6 Å². The van der Waals surface area contributed by atoms with Crippen LogP contribution in [0.15, 0.2) is 35.5 Å². The number of rotatable bonds is 8. The van der Waals surface area contributed by atoms with Gasteiger partial charge in [-0.2, -0.15) is 0 Å². The second-order valence-electron chi connectivity index (χ2n) is 21.0. The zero-order valence-corrected chi connectivity index (χ0v) is 35.0. The van der Waals surface area contributed by atoms with E-state index in [1.54, 1.807) is 0 Å². The number of carbonyl (C=O) groups is 1. The molecular weight excluding hydrogens is 684 g/mol. The van der Waals surface area contributed by atoms with Gasteiger partial charge in [-0.25, -0.2) is 12.8 Å². The lowest BCUT2D eigenvalue weighted by atomic mass is 9.33. The number of carboxylic acids is 1. The van der Waals surface area contributed by atoms with Crippen LogP contribution >= 0.6 is 0 Å². The lowest BCUT2D eigenvalue weighted by Gasteiger charge is -2.72. The summed E-state index contributed by atoms with van der Waals surface area (Å²) in [5.41, 5.74) is 3.56. The predicted molar refractivity (Wildman–Crippen MR) is 213 cm³/mol. The molecule has 6 nitrogen and oxygen atoms in total. The van der Waals surface area contributed by atoms with Gasteiger partial charge in [-0.3, -0.25) is 4.79 Å². The summed E-state index contributed by atoms with van der Waals surface area (Å²) in [5, 5.41) is 14.1. The van der Waals surface area contributed by atoms with Crippen LogP contribution in [0.5, 0.6) is 0 Å². The number of alkyl halides is 1. The standard InChI is InChI=1S/C45H71FN2O4S/c1-30(2)33-13-20-45(47-23-24-48-25-26-53(51,52)28-31(3)27-48)22-21-42(7)35(38(33)45)9-10-37-41(6)16-14-34(40(4,5)36(41)15-17-43(37,42)8)32-11-18-44(29-46,19-12-32)39(49)50/h11,14,31,33,35-38,47H,1,9-10,12-13,15-29H2,2-8H3,(H,49,50)/t31?,33-,35?,36?,37?,38+,41-,42+,43+,44-,45-/m0/s1. The van der Waals surface area contributed by atoms with E-state index < -0.39 is 27.9 Å². The van der Waals surface area contributed by atoms with E-state index in [0.29, 0.717) is 54.7 Å². The minimum Gasteiger partial charge on any atom is -0.481 e. The number of carboxylic acid groups (broad SMARTS) is 1. The quantitative estimate of drug-likeness (QED) is 0.241. The normalized spacial score (nSPS) is 46.4. The van der Waals surface area contributed by atoms with Crippen molar-refractivity contribution in [3.05, 3.63) is 35.5 Å². The molecule has 1 heterocycles. The van der Waals surface area contributed by atoms with Crippen molar-refractivity contribution in [3.63, 3.8) is 0 Å². The van der Waals surface area contributed by atoms with Gasteiger partial charge >= 0.3 is 5.97 Å². The highest BCUT2D eigenvalue weighted by molar-refractivity contribution is 7.91. The van der Waals surface area contributed by atoms with Crippen molar-refractivity contribution in [2.75, 3.05) is 44.4 Å². The lowest BCUT2D eigenvalue weighted by molar-refractivity contribution is -0.221. The van der Waals surface area contributed by atoms with Gasteiger partial charge in [0.05, 0.1) is 16.9 Å². The van der Waals surface area contributed by atoms with Crippen molar-refractivity contribution in [2.45, 2.75) is 131 Å². The van der Waals surface area contributed by atoms with Crippen LogP contribution < -0.4 is 5.32 Å². The Morgan fingerprint density at radius 1 is 0.981 bits per heavy atom. The van der Waals surface area contributed by atoms with Crippen LogP contribution in [-0.4, -0.2) is 74.3 Å². The van der Waals surface area contributed by atoms with Gasteiger partial charge in [0.25, 0.3) is 0 Å². The first-order valence-corrected chi connectivity index (χ1v) is 23.1. The maximum atomic E-state index is 14.0. The number of aliphatic carboxylic acids is 1. The molecule has 6 aliphatic carbocycles. The molecule has 8 heteroatoms. The Hall–Kier alpha value is -1.51. The van der Waals surface area contributed by atoms with Crippen molar-refractivity contribution in [3.8, 4) is 0 Å². The zero-order valence-electron chi connectivity index (χ0n) is 34.2. The van der Waals surface area contributed by atoms with Gasteiger partial charge in [0.15, 0.2) is 9.84 Å². The van der Waals surface area contributed by atoms with Crippen LogP contribution in [0.1, 0.15) is 126 Å². The SMILES string of the molecule is C=C(C)[C@@H]1CC[C@]2(NCCN3CCS(=O)(=O)CC(C)C3)CC[C@]3(C)C(CCC4[C@@]5(C)CC=C(C6=CC[C@](CF)(C(=O)O)CC6)C(C)(C)C5CC[C@]43C)[C@@H]12. The minimum atomic E-state index is -2.96. The predicted octanol–water partition coefficient (Wildman–Crippen LogP) is 9.04. The molecule has 4 unspecified atom stereocenters. The number of sulfone groups is 1. The maximum Gasteiger partial charge on any atom is 0.312 e. The van der Waals surface area contributed by atoms with Crippen molar-refractivity contribution in [2.24, 2.45) is 62.6 Å². The highest BCUT2D eigenvalue weighted by atomic mass is 32.2. The molecule has 0 spiro atoms. The van der Waals surface area contributed by atoms with Crippen LogP contribution in [0.2, 0.25) is 0 Å². The summed E-state index contributed by atoms with van der Waals surface area (Å²) >= 11 is 0. The molecule has 298 valence electrons. The largest absolute Gasteiger partial charge is 0.481 e. The number of nitrogens with one attached hydrogen (secondary N) is 1. The van der Waals surface area contributed by atoms with Crippen LogP contribution in [0.3, 0.4) is 0 Å². The molecule has 11 atom stereocenters. The Kier molecular flexibility index (Phi) is 10.2. The van der Waals surface area contributed by atoms with E-state index in [1.165, 1.54) is 68.1 Å². The molecule has 0 amide bonds. The van der Waals surface area contributed by atoms with Crippen molar-refractivity contribution >= 4 is 15.8 Å². The highest BCUT2D eigenvalue weighted by Gasteiger charge is 2.70. The number of fused-ring (bicyclic) bond motifs is 7. The summed E-state index contributed by atoms with van der Waals surface area (Å²) in [5.74, 6) is 2.75. The third kappa shape index (κ3) is 6.19. The molecule has 4 saturated carbocycles. The summed E-state index contributed by atoms with van der Waals surface area (Å²) in [4.78, 5) is 14.4. The summed E-state index contributed by atoms with van der Waals surface area (Å²) < 4.78 is 38.9. The first-order chi connectivity index (χ1) is 24.8. The van der Waals surface area contributed by atoms with Gasteiger partial charge in [-0.15, -0.1) is 0 Å². The molecule has 0 bridgehead atoms. The van der Waals surface area contributed by atoms with Gasteiger partial charge in [0.1, 0.15) is 6.67 Å². The van der Waals surface area contributed by atoms with Gasteiger partial charge in [-0.05, 0) is 152 Å². The summed E-state index contributed by atoms with van der Waals surface area (Å²) in [6.07, 6.45) is 16.9. The molecule has 5 fully saturated rings. The van der Waals surface area contributed by atoms with E-state index in [2.05, 4.69) is 77.4 Å². The summed E-state index contributed by atoms with van der Waals surface area (Å²) in [6.45, 7) is 24.4. The second kappa shape index (κ2) is 13.6. The third-order valence-electron chi connectivity index (χ3n) is 18.0. The second-order valence-corrected chi connectivity index (χ2v) is 23.2. The third-order valence-corrected chi connectivity index (χ3v) is 19.9. The van der Waals surface area contributed by atoms with Crippen LogP contribution in [0, 0.1) is 62.6 Å². The Morgan fingerprint density at radius 2 is 1.74 bits per heavy atom. The zero-order chi connectivity index (χ0) is 38.4. The van der Waals surface area contributed by atoms with E-state index in [0.717, 1.165) is 26.1 Å². The number of allylic oxidation sites excluding steroid dienone is 5. The Bertz CT molecular complexity index is 1650. The van der Waals surface area contributed by atoms with Crippen LogP contribution in [0.25, 0.3) is 0 Å². The van der Waals surface area contributed by atoms with Gasteiger partial charge in [-0.1, -0.05) is 65.8 Å². The number of hydrogen-bond donors (Lipinski definition) is 2. The molecule has 0 radical (unpaired) electrons. The molecule has 2 N–H and O–H groups in total. The van der Waals surface area contributed by atoms with Crippen molar-refractivity contribution < 1.29 is 22.7 Å². The molecule has 0 aromatic heterocycles. The van der Waals surface area contributed by atoms with Crippen molar-refractivity contribution in [1.82, 2.24) is 10.2 Å². The number of nitrogens with zero attached hydrogens (tertiary/aromatic N) is 1. The fourth-order valence-electron chi connectivity index (χ4n) is 15.2.